The molecular formula is C22H21F2NO9. The van der Waals surface area contributed by atoms with Crippen LogP contribution in [0.2, 0.25) is 0 Å². The van der Waals surface area contributed by atoms with Crippen LogP contribution in [0.3, 0.4) is 0 Å². The predicted molar refractivity (Wildman–Crippen MR) is 115 cm³/mol. The number of rotatable bonds is 10. The number of carbonyl (C=O) groups is 3. The molecule has 0 unspecified atom stereocenters. The molecule has 0 atom stereocenters. The van der Waals surface area contributed by atoms with E-state index in [0.29, 0.717) is 22.8 Å². The Morgan fingerprint density at radius 2 is 1.47 bits per heavy atom. The molecule has 2 rings (SSSR count). The smallest absolute Gasteiger partial charge is 0.437 e. The third-order valence-electron chi connectivity index (χ3n) is 4.31. The Bertz CT molecular complexity index is 1090. The number of benzene rings is 2. The summed E-state index contributed by atoms with van der Waals surface area (Å²) >= 11 is 0. The summed E-state index contributed by atoms with van der Waals surface area (Å²) in [5.74, 6) is -9.84. The number of amides is 1. The van der Waals surface area contributed by atoms with Crippen LogP contribution in [-0.4, -0.2) is 57.3 Å². The molecule has 0 aromatic heterocycles. The zero-order chi connectivity index (χ0) is 25.5. The highest BCUT2D eigenvalue weighted by molar-refractivity contribution is 6.03. The number of methoxy groups -OCH3 is 4. The van der Waals surface area contributed by atoms with Crippen molar-refractivity contribution in [2.75, 3.05) is 33.8 Å². The topological polar surface area (TPSA) is 130 Å². The lowest BCUT2D eigenvalue weighted by molar-refractivity contribution is -0.180. The number of carboxylic acid groups (broad SMARTS) is 1. The van der Waals surface area contributed by atoms with Crippen molar-refractivity contribution < 1.29 is 52.0 Å². The van der Waals surface area contributed by atoms with Gasteiger partial charge in [0.2, 0.25) is 5.91 Å². The molecule has 0 saturated heterocycles. The zero-order valence-corrected chi connectivity index (χ0v) is 18.5. The number of aliphatic carboxylic acids is 1. The minimum absolute atomic E-state index is 0.0468. The monoisotopic (exact) mass is 481 g/mol. The zero-order valence-electron chi connectivity index (χ0n) is 18.5. The van der Waals surface area contributed by atoms with Crippen molar-refractivity contribution in [3.05, 3.63) is 42.0 Å². The lowest BCUT2D eigenvalue weighted by Crippen LogP contribution is -2.40. The summed E-state index contributed by atoms with van der Waals surface area (Å²) in [6, 6.07) is 6.80. The molecule has 0 bridgehead atoms. The lowest BCUT2D eigenvalue weighted by Gasteiger charge is -2.14. The standard InChI is InChI=1S/C22H21F2NO9/c1-30-13-10-16(32-3)14(17(11-13)33-4)6-8-19(26)25-12-5-7-15(31-2)18(9-12)34-21(29)22(23,24)20(27)28/h5-11H,1-4H3,(H,25,26)(H,27,28)/b8-6+. The highest BCUT2D eigenvalue weighted by Gasteiger charge is 2.50. The van der Waals surface area contributed by atoms with Gasteiger partial charge in [-0.3, -0.25) is 4.79 Å². The van der Waals surface area contributed by atoms with Crippen LogP contribution in [0.1, 0.15) is 5.56 Å². The number of alkyl halides is 2. The SMILES string of the molecule is COc1cc(OC)c(/C=C/C(=O)Nc2ccc(OC)c(OC(=O)C(F)(F)C(=O)O)c2)c(OC)c1. The summed E-state index contributed by atoms with van der Waals surface area (Å²) in [7, 11) is 5.51. The molecule has 0 heterocycles. The minimum Gasteiger partial charge on any atom is -0.496 e. The van der Waals surface area contributed by atoms with Crippen LogP contribution < -0.4 is 29.0 Å². The van der Waals surface area contributed by atoms with Gasteiger partial charge in [0.1, 0.15) is 17.2 Å². The summed E-state index contributed by atoms with van der Waals surface area (Å²) in [5.41, 5.74) is 0.492. The number of anilines is 1. The number of hydrogen-bond donors (Lipinski definition) is 2. The Morgan fingerprint density at radius 3 is 1.97 bits per heavy atom. The third-order valence-corrected chi connectivity index (χ3v) is 4.31. The van der Waals surface area contributed by atoms with E-state index in [2.05, 4.69) is 10.1 Å². The van der Waals surface area contributed by atoms with Crippen LogP contribution in [-0.2, 0) is 14.4 Å². The maximum atomic E-state index is 13.4. The van der Waals surface area contributed by atoms with Gasteiger partial charge in [-0.25, -0.2) is 9.59 Å². The number of ether oxygens (including phenoxy) is 5. The van der Waals surface area contributed by atoms with Crippen molar-refractivity contribution >= 4 is 29.6 Å². The van der Waals surface area contributed by atoms with Crippen molar-refractivity contribution in [3.63, 3.8) is 0 Å². The van der Waals surface area contributed by atoms with Gasteiger partial charge >= 0.3 is 17.9 Å². The molecule has 0 saturated carbocycles. The Hall–Kier alpha value is -4.35. The molecule has 12 heteroatoms. The number of carbonyl (C=O) groups excluding carboxylic acids is 2. The Kier molecular flexibility index (Phi) is 8.37. The molecule has 0 aliphatic carbocycles. The summed E-state index contributed by atoms with van der Waals surface area (Å²) in [5, 5.41) is 10.9. The average Bonchev–Trinajstić information content (AvgIpc) is 2.82. The molecule has 0 aliphatic rings. The van der Waals surface area contributed by atoms with Gasteiger partial charge in [0.25, 0.3) is 0 Å². The van der Waals surface area contributed by atoms with Crippen LogP contribution in [0, 0.1) is 0 Å². The first-order valence-corrected chi connectivity index (χ1v) is 9.38. The minimum atomic E-state index is -4.77. The Balaban J connectivity index is 2.26. The number of hydrogen-bond acceptors (Lipinski definition) is 8. The summed E-state index contributed by atoms with van der Waals surface area (Å²) < 4.78 is 51.9. The van der Waals surface area contributed by atoms with Gasteiger partial charge in [-0.1, -0.05) is 0 Å². The summed E-state index contributed by atoms with van der Waals surface area (Å²) in [6.07, 6.45) is 2.58. The van der Waals surface area contributed by atoms with E-state index in [1.807, 2.05) is 0 Å². The van der Waals surface area contributed by atoms with Crippen molar-refractivity contribution in [2.24, 2.45) is 0 Å². The predicted octanol–water partition coefficient (Wildman–Crippen LogP) is 3.00. The Morgan fingerprint density at radius 1 is 0.882 bits per heavy atom. The van der Waals surface area contributed by atoms with E-state index in [0.717, 1.165) is 12.1 Å². The molecule has 34 heavy (non-hydrogen) atoms. The number of halogens is 2. The van der Waals surface area contributed by atoms with Crippen LogP contribution in [0.5, 0.6) is 28.7 Å². The highest BCUT2D eigenvalue weighted by Crippen LogP contribution is 2.35. The van der Waals surface area contributed by atoms with Crippen molar-refractivity contribution in [1.82, 2.24) is 0 Å². The first kappa shape index (κ1) is 25.9. The lowest BCUT2D eigenvalue weighted by atomic mass is 10.1. The molecule has 1 amide bonds. The first-order chi connectivity index (χ1) is 16.1. The second-order valence-electron chi connectivity index (χ2n) is 6.40. The molecule has 0 fully saturated rings. The van der Waals surface area contributed by atoms with E-state index in [9.17, 15) is 23.2 Å². The number of carboxylic acids is 1. The van der Waals surface area contributed by atoms with E-state index < -0.39 is 29.5 Å². The average molecular weight is 481 g/mol. The van der Waals surface area contributed by atoms with Crippen molar-refractivity contribution in [2.45, 2.75) is 5.92 Å². The highest BCUT2D eigenvalue weighted by atomic mass is 19.3. The molecular weight excluding hydrogens is 460 g/mol. The first-order valence-electron chi connectivity index (χ1n) is 9.38. The normalized spacial score (nSPS) is 11.0. The summed E-state index contributed by atoms with van der Waals surface area (Å²) in [6.45, 7) is 0. The fraction of sp³-hybridized carbons (Fsp3) is 0.227. The molecule has 182 valence electrons. The third kappa shape index (κ3) is 5.91. The van der Waals surface area contributed by atoms with Crippen LogP contribution in [0.15, 0.2) is 36.4 Å². The van der Waals surface area contributed by atoms with Gasteiger partial charge in [-0.05, 0) is 18.2 Å². The second-order valence-corrected chi connectivity index (χ2v) is 6.40. The molecule has 0 aliphatic heterocycles. The largest absolute Gasteiger partial charge is 0.496 e. The molecule has 0 radical (unpaired) electrons. The number of nitrogens with one attached hydrogen (secondary N) is 1. The van der Waals surface area contributed by atoms with Gasteiger partial charge < -0.3 is 34.1 Å². The summed E-state index contributed by atoms with van der Waals surface area (Å²) in [4.78, 5) is 34.5. The van der Waals surface area contributed by atoms with Gasteiger partial charge in [0.05, 0.1) is 34.0 Å². The van der Waals surface area contributed by atoms with Crippen LogP contribution in [0.25, 0.3) is 6.08 Å². The van der Waals surface area contributed by atoms with Crippen molar-refractivity contribution in [1.29, 1.82) is 0 Å². The van der Waals surface area contributed by atoms with Crippen LogP contribution in [0.4, 0.5) is 14.5 Å². The van der Waals surface area contributed by atoms with Gasteiger partial charge in [-0.15, -0.1) is 0 Å². The molecule has 2 N–H and O–H groups in total. The van der Waals surface area contributed by atoms with Crippen LogP contribution >= 0.6 is 0 Å². The molecule has 2 aromatic rings. The second kappa shape index (κ2) is 11.0. The maximum absolute atomic E-state index is 13.4. The van der Waals surface area contributed by atoms with E-state index in [1.54, 1.807) is 12.1 Å². The van der Waals surface area contributed by atoms with Gasteiger partial charge in [-0.2, -0.15) is 8.78 Å². The Labute approximate surface area is 192 Å². The fourth-order valence-corrected chi connectivity index (χ4v) is 2.63. The van der Waals surface area contributed by atoms with E-state index >= 15 is 0 Å². The maximum Gasteiger partial charge on any atom is 0.437 e. The molecule has 0 spiro atoms. The van der Waals surface area contributed by atoms with E-state index in [4.69, 9.17) is 24.1 Å². The number of esters is 1. The van der Waals surface area contributed by atoms with Crippen molar-refractivity contribution in [3.8, 4) is 28.7 Å². The molecule has 2 aromatic carbocycles. The van der Waals surface area contributed by atoms with Gasteiger partial charge in [0, 0.05) is 30.0 Å². The van der Waals surface area contributed by atoms with Gasteiger partial charge in [0.15, 0.2) is 11.5 Å². The van der Waals surface area contributed by atoms with E-state index in [1.165, 1.54) is 46.6 Å². The van der Waals surface area contributed by atoms with E-state index in [-0.39, 0.29) is 11.4 Å². The molecule has 10 nitrogen and oxygen atoms in total. The quantitative estimate of drug-likeness (QED) is 0.228. The fourth-order valence-electron chi connectivity index (χ4n) is 2.63.